The molecule has 184 valence electrons. The topological polar surface area (TPSA) is 82.8 Å². The van der Waals surface area contributed by atoms with Crippen molar-refractivity contribution < 1.29 is 14.3 Å². The summed E-state index contributed by atoms with van der Waals surface area (Å²) in [7, 11) is 0. The number of hydrogen-bond acceptors (Lipinski definition) is 5. The quantitative estimate of drug-likeness (QED) is 0.333. The molecule has 6 nitrogen and oxygen atoms in total. The highest BCUT2D eigenvalue weighted by Crippen LogP contribution is 2.34. The first-order chi connectivity index (χ1) is 17.4. The summed E-state index contributed by atoms with van der Waals surface area (Å²) in [5.41, 5.74) is 4.27. The molecule has 2 N–H and O–H groups in total. The van der Waals surface area contributed by atoms with Crippen molar-refractivity contribution in [2.75, 3.05) is 23.3 Å². The number of benzene rings is 3. The monoisotopic (exact) mass is 482 g/mol. The number of nitrogens with one attached hydrogen (secondary N) is 1. The Morgan fingerprint density at radius 3 is 2.44 bits per heavy atom. The van der Waals surface area contributed by atoms with Gasteiger partial charge in [-0.05, 0) is 62.6 Å². The first kappa shape index (κ1) is 23.7. The smallest absolute Gasteiger partial charge is 0.337 e. The van der Waals surface area contributed by atoms with Gasteiger partial charge in [-0.25, -0.2) is 4.79 Å². The molecule has 1 aromatic heterocycles. The number of hydrogen-bond donors (Lipinski definition) is 2. The fraction of sp³-hybridized carbons (Fsp3) is 0.267. The van der Waals surface area contributed by atoms with E-state index in [1.807, 2.05) is 32.0 Å². The lowest BCUT2D eigenvalue weighted by molar-refractivity contribution is 0.0698. The maximum atomic E-state index is 13.2. The summed E-state index contributed by atoms with van der Waals surface area (Å²) in [4.78, 5) is 27.2. The van der Waals surface area contributed by atoms with Crippen LogP contribution in [0.2, 0.25) is 0 Å². The van der Waals surface area contributed by atoms with Gasteiger partial charge >= 0.3 is 5.97 Å². The van der Waals surface area contributed by atoms with Crippen molar-refractivity contribution in [3.63, 3.8) is 0 Å². The zero-order chi connectivity index (χ0) is 25.2. The van der Waals surface area contributed by atoms with E-state index >= 15 is 0 Å². The molecule has 1 aliphatic heterocycles. The third-order valence-corrected chi connectivity index (χ3v) is 7.04. The number of aromatic carboxylic acids is 1. The molecule has 1 aliphatic rings. The normalized spacial score (nSPS) is 15.1. The van der Waals surface area contributed by atoms with Crippen LogP contribution in [0.1, 0.15) is 59.0 Å². The SMILES string of the molecule is Cc1cc(C(C)Nc2ccccc2C(=O)O)c2oc(C3CCN(c4ccccc4)CC3)cc(=O)c2c1. The molecule has 36 heavy (non-hydrogen) atoms. The van der Waals surface area contributed by atoms with E-state index in [-0.39, 0.29) is 23.0 Å². The highest BCUT2D eigenvalue weighted by Gasteiger charge is 2.25. The third-order valence-electron chi connectivity index (χ3n) is 7.04. The maximum absolute atomic E-state index is 13.2. The van der Waals surface area contributed by atoms with Crippen LogP contribution in [0.3, 0.4) is 0 Å². The molecule has 4 aromatic rings. The summed E-state index contributed by atoms with van der Waals surface area (Å²) < 4.78 is 6.47. The Morgan fingerprint density at radius 2 is 1.72 bits per heavy atom. The fourth-order valence-electron chi connectivity index (χ4n) is 5.14. The predicted molar refractivity (Wildman–Crippen MR) is 143 cm³/mol. The van der Waals surface area contributed by atoms with E-state index in [1.165, 1.54) is 5.69 Å². The predicted octanol–water partition coefficient (Wildman–Crippen LogP) is 6.36. The molecule has 1 saturated heterocycles. The second-order valence-corrected chi connectivity index (χ2v) is 9.56. The lowest BCUT2D eigenvalue weighted by Crippen LogP contribution is -2.33. The summed E-state index contributed by atoms with van der Waals surface area (Å²) in [6.45, 7) is 5.72. The summed E-state index contributed by atoms with van der Waals surface area (Å²) in [6, 6.07) is 22.5. The minimum absolute atomic E-state index is 0.0418. The van der Waals surface area contributed by atoms with Crippen LogP contribution in [-0.2, 0) is 0 Å². The van der Waals surface area contributed by atoms with Gasteiger partial charge in [-0.1, -0.05) is 36.4 Å². The highest BCUT2D eigenvalue weighted by molar-refractivity contribution is 5.94. The number of fused-ring (bicyclic) bond motifs is 1. The Morgan fingerprint density at radius 1 is 1.03 bits per heavy atom. The van der Waals surface area contributed by atoms with Crippen LogP contribution < -0.4 is 15.6 Å². The molecule has 1 unspecified atom stereocenters. The minimum Gasteiger partial charge on any atom is -0.478 e. The minimum atomic E-state index is -0.991. The molecular weight excluding hydrogens is 452 g/mol. The van der Waals surface area contributed by atoms with Gasteiger partial charge in [0.05, 0.1) is 17.0 Å². The Hall–Kier alpha value is -4.06. The number of piperidine rings is 1. The second kappa shape index (κ2) is 9.90. The Labute approximate surface area is 210 Å². The van der Waals surface area contributed by atoms with Gasteiger partial charge in [0.15, 0.2) is 5.43 Å². The van der Waals surface area contributed by atoms with Gasteiger partial charge in [0.2, 0.25) is 0 Å². The lowest BCUT2D eigenvalue weighted by atomic mass is 9.92. The van der Waals surface area contributed by atoms with Crippen LogP contribution in [0, 0.1) is 6.92 Å². The summed E-state index contributed by atoms with van der Waals surface area (Å²) in [5.74, 6) is -0.0919. The van der Waals surface area contributed by atoms with Crippen molar-refractivity contribution >= 4 is 28.3 Å². The van der Waals surface area contributed by atoms with Crippen molar-refractivity contribution in [1.82, 2.24) is 0 Å². The van der Waals surface area contributed by atoms with Crippen molar-refractivity contribution in [1.29, 1.82) is 0 Å². The number of nitrogens with zero attached hydrogens (tertiary/aromatic N) is 1. The van der Waals surface area contributed by atoms with Crippen molar-refractivity contribution in [2.24, 2.45) is 0 Å². The maximum Gasteiger partial charge on any atom is 0.337 e. The number of carboxylic acid groups (broad SMARTS) is 1. The molecule has 1 fully saturated rings. The third kappa shape index (κ3) is 4.71. The van der Waals surface area contributed by atoms with Crippen LogP contribution in [0.25, 0.3) is 11.0 Å². The van der Waals surface area contributed by atoms with Crippen molar-refractivity contribution in [2.45, 2.75) is 38.6 Å². The van der Waals surface area contributed by atoms with E-state index in [9.17, 15) is 14.7 Å². The molecule has 2 heterocycles. The zero-order valence-corrected chi connectivity index (χ0v) is 20.5. The molecule has 5 rings (SSSR count). The van der Waals surface area contributed by atoms with E-state index in [1.54, 1.807) is 30.3 Å². The number of rotatable bonds is 6. The molecule has 0 saturated carbocycles. The largest absolute Gasteiger partial charge is 0.478 e. The van der Waals surface area contributed by atoms with Gasteiger partial charge < -0.3 is 19.7 Å². The van der Waals surface area contributed by atoms with E-state index < -0.39 is 5.97 Å². The molecule has 0 bridgehead atoms. The number of carbonyl (C=O) groups is 1. The van der Waals surface area contributed by atoms with E-state index in [4.69, 9.17) is 4.42 Å². The molecule has 0 spiro atoms. The van der Waals surface area contributed by atoms with Gasteiger partial charge in [0.25, 0.3) is 0 Å². The van der Waals surface area contributed by atoms with E-state index in [2.05, 4.69) is 34.5 Å². The number of para-hydroxylation sites is 2. The number of carboxylic acids is 1. The molecule has 0 radical (unpaired) electrons. The summed E-state index contributed by atoms with van der Waals surface area (Å²) in [5, 5.41) is 13.4. The lowest BCUT2D eigenvalue weighted by Gasteiger charge is -2.33. The first-order valence-electron chi connectivity index (χ1n) is 12.4. The Kier molecular flexibility index (Phi) is 6.51. The van der Waals surface area contributed by atoms with Gasteiger partial charge in [0.1, 0.15) is 11.3 Å². The molecule has 0 amide bonds. The van der Waals surface area contributed by atoms with Gasteiger partial charge in [-0.15, -0.1) is 0 Å². The van der Waals surface area contributed by atoms with E-state index in [0.717, 1.165) is 42.8 Å². The average molecular weight is 483 g/mol. The molecule has 3 aromatic carbocycles. The summed E-state index contributed by atoms with van der Waals surface area (Å²) >= 11 is 0. The second-order valence-electron chi connectivity index (χ2n) is 9.56. The Balaban J connectivity index is 1.46. The molecule has 6 heteroatoms. The van der Waals surface area contributed by atoms with Gasteiger partial charge in [-0.2, -0.15) is 0 Å². The van der Waals surface area contributed by atoms with Crippen molar-refractivity contribution in [3.05, 3.63) is 105 Å². The molecule has 1 atom stereocenters. The van der Waals surface area contributed by atoms with Gasteiger partial charge in [-0.3, -0.25) is 4.79 Å². The van der Waals surface area contributed by atoms with E-state index in [0.29, 0.717) is 16.7 Å². The van der Waals surface area contributed by atoms with Crippen LogP contribution >= 0.6 is 0 Å². The standard InChI is InChI=1S/C30H30N2O4/c1-19-16-24(20(2)31-26-11-7-6-10-23(26)30(34)35)29-25(17-19)27(33)18-28(36-29)21-12-14-32(15-13-21)22-8-4-3-5-9-22/h3-11,16-18,20-21,31H,12-15H2,1-2H3,(H,34,35). The average Bonchev–Trinajstić information content (AvgIpc) is 2.89. The highest BCUT2D eigenvalue weighted by atomic mass is 16.4. The fourth-order valence-corrected chi connectivity index (χ4v) is 5.14. The Bertz CT molecular complexity index is 1450. The van der Waals surface area contributed by atoms with Crippen molar-refractivity contribution in [3.8, 4) is 0 Å². The van der Waals surface area contributed by atoms with Crippen LogP contribution in [-0.4, -0.2) is 24.2 Å². The zero-order valence-electron chi connectivity index (χ0n) is 20.5. The first-order valence-corrected chi connectivity index (χ1v) is 12.4. The van der Waals surface area contributed by atoms with Crippen LogP contribution in [0.5, 0.6) is 0 Å². The number of aryl methyl sites for hydroxylation is 1. The summed E-state index contributed by atoms with van der Waals surface area (Å²) in [6.07, 6.45) is 1.81. The van der Waals surface area contributed by atoms with Gasteiger partial charge in [0, 0.05) is 42.0 Å². The van der Waals surface area contributed by atoms with Crippen LogP contribution in [0.15, 0.2) is 82.0 Å². The molecule has 0 aliphatic carbocycles. The number of anilines is 2. The molecular formula is C30H30N2O4. The van der Waals surface area contributed by atoms with Crippen LogP contribution in [0.4, 0.5) is 11.4 Å².